The predicted molar refractivity (Wildman–Crippen MR) is 121 cm³/mol. The van der Waals surface area contributed by atoms with Crippen LogP contribution in [0.4, 0.5) is 0 Å². The molecule has 1 aliphatic carbocycles. The summed E-state index contributed by atoms with van der Waals surface area (Å²) in [4.78, 5) is 55.3. The van der Waals surface area contributed by atoms with E-state index in [2.05, 4.69) is 30.4 Å². The number of rotatable bonds is 4. The summed E-state index contributed by atoms with van der Waals surface area (Å²) in [6, 6.07) is 6.90. The minimum Gasteiger partial charge on any atom is -0.349 e. The largest absolute Gasteiger partial charge is 0.349 e. The fraction of sp³-hybridized carbons (Fsp3) is 0.348. The number of fused-ring (bicyclic) bond motifs is 5. The topological polar surface area (TPSA) is 138 Å². The van der Waals surface area contributed by atoms with Crippen LogP contribution in [0.3, 0.4) is 0 Å². The first-order valence-electron chi connectivity index (χ1n) is 11.3. The molecule has 2 N–H and O–H groups in total. The van der Waals surface area contributed by atoms with Gasteiger partial charge in [-0.2, -0.15) is 4.98 Å². The number of carbonyl (C=O) groups is 2. The Balaban J connectivity index is 1.18. The van der Waals surface area contributed by atoms with Crippen molar-refractivity contribution < 1.29 is 9.59 Å². The Morgan fingerprint density at radius 2 is 2.09 bits per heavy atom. The fourth-order valence-electron chi connectivity index (χ4n) is 5.25. The lowest BCUT2D eigenvalue weighted by atomic mass is 9.72. The molecule has 3 unspecified atom stereocenters. The molecule has 11 heteroatoms. The van der Waals surface area contributed by atoms with E-state index in [-0.39, 0.29) is 46.4 Å². The highest BCUT2D eigenvalue weighted by Crippen LogP contribution is 2.39. The number of hydrogen-bond acceptors (Lipinski definition) is 7. The van der Waals surface area contributed by atoms with E-state index in [0.717, 1.165) is 19.3 Å². The molecule has 0 spiro atoms. The summed E-state index contributed by atoms with van der Waals surface area (Å²) in [6.07, 6.45) is 7.72. The summed E-state index contributed by atoms with van der Waals surface area (Å²) in [5.41, 5.74) is 0.207. The van der Waals surface area contributed by atoms with Crippen molar-refractivity contribution >= 4 is 28.5 Å². The quantitative estimate of drug-likeness (QED) is 0.466. The van der Waals surface area contributed by atoms with Gasteiger partial charge in [-0.1, -0.05) is 6.07 Å². The first-order chi connectivity index (χ1) is 16.6. The lowest BCUT2D eigenvalue weighted by Gasteiger charge is -2.50. The van der Waals surface area contributed by atoms with E-state index in [1.807, 2.05) is 4.90 Å². The second-order valence-corrected chi connectivity index (χ2v) is 8.91. The number of H-pyrrole nitrogens is 1. The molecule has 4 aromatic heterocycles. The number of piperidine rings is 2. The van der Waals surface area contributed by atoms with Gasteiger partial charge in [0.25, 0.3) is 23.2 Å². The van der Waals surface area contributed by atoms with E-state index < -0.39 is 0 Å². The van der Waals surface area contributed by atoms with Crippen LogP contribution in [0.5, 0.6) is 0 Å². The van der Waals surface area contributed by atoms with Gasteiger partial charge in [-0.05, 0) is 49.3 Å². The molecule has 3 atom stereocenters. The summed E-state index contributed by atoms with van der Waals surface area (Å²) in [5.74, 6) is 0.391. The van der Waals surface area contributed by atoms with Gasteiger partial charge in [0, 0.05) is 43.1 Å². The Bertz CT molecular complexity index is 1440. The van der Waals surface area contributed by atoms with Crippen molar-refractivity contribution in [1.82, 2.24) is 39.8 Å². The molecule has 3 fully saturated rings. The van der Waals surface area contributed by atoms with Crippen LogP contribution in [0.25, 0.3) is 16.7 Å². The van der Waals surface area contributed by atoms with E-state index in [1.54, 1.807) is 42.9 Å². The zero-order valence-corrected chi connectivity index (χ0v) is 18.2. The van der Waals surface area contributed by atoms with Gasteiger partial charge in [0.1, 0.15) is 11.2 Å². The zero-order valence-electron chi connectivity index (χ0n) is 18.2. The first-order valence-corrected chi connectivity index (χ1v) is 11.3. The van der Waals surface area contributed by atoms with Gasteiger partial charge >= 0.3 is 0 Å². The molecular formula is C23H22N8O3. The maximum atomic E-state index is 13.4. The number of amides is 2. The SMILES string of the molecule is O=C(NCC1CC2CCC1N(C(=O)c1ccc3cc[nH]c(=O)c3n1)C2)c1nc2ncccn2n1. The Hall–Kier alpha value is -4.15. The average molecular weight is 458 g/mol. The summed E-state index contributed by atoms with van der Waals surface area (Å²) in [5, 5.41) is 7.80. The number of aromatic amines is 1. The van der Waals surface area contributed by atoms with Crippen LogP contribution >= 0.6 is 0 Å². The summed E-state index contributed by atoms with van der Waals surface area (Å²) in [7, 11) is 0. The van der Waals surface area contributed by atoms with Gasteiger partial charge in [-0.25, -0.2) is 14.5 Å². The highest BCUT2D eigenvalue weighted by Gasteiger charge is 2.43. The number of pyridine rings is 2. The van der Waals surface area contributed by atoms with Crippen molar-refractivity contribution in [3.63, 3.8) is 0 Å². The van der Waals surface area contributed by atoms with E-state index >= 15 is 0 Å². The summed E-state index contributed by atoms with van der Waals surface area (Å²) in [6.45, 7) is 1.09. The Labute approximate surface area is 193 Å². The first kappa shape index (κ1) is 20.5. The monoisotopic (exact) mass is 458 g/mol. The lowest BCUT2D eigenvalue weighted by Crippen LogP contribution is -2.57. The molecule has 172 valence electrons. The van der Waals surface area contributed by atoms with Gasteiger partial charge in [-0.3, -0.25) is 14.4 Å². The maximum Gasteiger partial charge on any atom is 0.291 e. The molecule has 2 amide bonds. The summed E-state index contributed by atoms with van der Waals surface area (Å²) < 4.78 is 1.46. The number of nitrogens with one attached hydrogen (secondary N) is 2. The zero-order chi connectivity index (χ0) is 23.2. The molecule has 34 heavy (non-hydrogen) atoms. The summed E-state index contributed by atoms with van der Waals surface area (Å²) >= 11 is 0. The Kier molecular flexibility index (Phi) is 4.82. The van der Waals surface area contributed by atoms with Crippen molar-refractivity contribution in [2.75, 3.05) is 13.1 Å². The third kappa shape index (κ3) is 3.49. The standard InChI is InChI=1S/C23H22N8O3/c32-20-18-14(6-8-24-20)3-4-16(27-18)22(34)30-12-13-2-5-17(30)15(10-13)11-26-21(33)19-28-23-25-7-1-9-31(23)29-19/h1,3-4,6-9,13,15,17H,2,5,10-12H2,(H,24,32)(H,26,33). The van der Waals surface area contributed by atoms with Gasteiger partial charge in [0.05, 0.1) is 0 Å². The van der Waals surface area contributed by atoms with Crippen LogP contribution in [0.15, 0.2) is 47.7 Å². The minimum atomic E-state index is -0.361. The van der Waals surface area contributed by atoms with E-state index in [1.165, 1.54) is 4.52 Å². The van der Waals surface area contributed by atoms with Crippen LogP contribution in [-0.4, -0.2) is 65.4 Å². The molecule has 0 radical (unpaired) electrons. The molecule has 2 bridgehead atoms. The van der Waals surface area contributed by atoms with Crippen molar-refractivity contribution in [2.45, 2.75) is 25.3 Å². The third-order valence-electron chi connectivity index (χ3n) is 6.85. The molecule has 7 rings (SSSR count). The van der Waals surface area contributed by atoms with Gasteiger partial charge < -0.3 is 15.2 Å². The van der Waals surface area contributed by atoms with Crippen LogP contribution in [-0.2, 0) is 0 Å². The number of carbonyl (C=O) groups excluding carboxylic acids is 2. The number of hydrogen-bond donors (Lipinski definition) is 2. The fourth-order valence-corrected chi connectivity index (χ4v) is 5.25. The van der Waals surface area contributed by atoms with Crippen LogP contribution in [0.1, 0.15) is 40.4 Å². The molecule has 2 saturated heterocycles. The van der Waals surface area contributed by atoms with Gasteiger partial charge in [0.2, 0.25) is 5.82 Å². The van der Waals surface area contributed by atoms with E-state index in [4.69, 9.17) is 0 Å². The Morgan fingerprint density at radius 1 is 1.18 bits per heavy atom. The average Bonchev–Trinajstić information content (AvgIpc) is 3.32. The second-order valence-electron chi connectivity index (χ2n) is 8.91. The molecule has 3 aliphatic rings. The maximum absolute atomic E-state index is 13.4. The molecule has 4 aromatic rings. The van der Waals surface area contributed by atoms with Gasteiger partial charge in [-0.15, -0.1) is 5.10 Å². The molecule has 2 aliphatic heterocycles. The highest BCUT2D eigenvalue weighted by atomic mass is 16.2. The smallest absolute Gasteiger partial charge is 0.291 e. The predicted octanol–water partition coefficient (Wildman–Crippen LogP) is 1.03. The van der Waals surface area contributed by atoms with Crippen molar-refractivity contribution in [3.8, 4) is 0 Å². The highest BCUT2D eigenvalue weighted by molar-refractivity contribution is 5.95. The van der Waals surface area contributed by atoms with Crippen LogP contribution in [0.2, 0.25) is 0 Å². The number of aromatic nitrogens is 6. The minimum absolute atomic E-state index is 0.0000456. The molecule has 0 aromatic carbocycles. The normalized spacial score (nSPS) is 21.8. The second kappa shape index (κ2) is 8.01. The molecule has 1 saturated carbocycles. The van der Waals surface area contributed by atoms with E-state index in [9.17, 15) is 14.4 Å². The molecule has 11 nitrogen and oxygen atoms in total. The van der Waals surface area contributed by atoms with Crippen LogP contribution in [0, 0.1) is 11.8 Å². The van der Waals surface area contributed by atoms with Crippen molar-refractivity contribution in [2.24, 2.45) is 11.8 Å². The van der Waals surface area contributed by atoms with Crippen LogP contribution < -0.4 is 10.9 Å². The number of nitrogens with zero attached hydrogens (tertiary/aromatic N) is 6. The van der Waals surface area contributed by atoms with Crippen molar-refractivity contribution in [1.29, 1.82) is 0 Å². The lowest BCUT2D eigenvalue weighted by molar-refractivity contribution is 0.00579. The van der Waals surface area contributed by atoms with Gasteiger partial charge in [0.15, 0.2) is 0 Å². The Morgan fingerprint density at radius 3 is 2.94 bits per heavy atom. The van der Waals surface area contributed by atoms with E-state index in [0.29, 0.717) is 30.2 Å². The molecule has 6 heterocycles. The third-order valence-corrected chi connectivity index (χ3v) is 6.85. The van der Waals surface area contributed by atoms with Crippen molar-refractivity contribution in [3.05, 3.63) is 64.7 Å². The molecular weight excluding hydrogens is 436 g/mol.